The summed E-state index contributed by atoms with van der Waals surface area (Å²) in [7, 11) is -3.21. The maximum absolute atomic E-state index is 11.6. The van der Waals surface area contributed by atoms with Crippen molar-refractivity contribution in [1.82, 2.24) is 19.5 Å². The van der Waals surface area contributed by atoms with Gasteiger partial charge in [0, 0.05) is 30.7 Å². The number of hydrogen-bond donors (Lipinski definition) is 1. The standard InChI is InChI=1S/C13H18N4O2S/c1-11(2)20(18,19)15-8-10-17-9-5-13(16-17)12-3-6-14-7-4-12/h3-7,9,11,15H,8,10H2,1-2H3. The van der Waals surface area contributed by atoms with Crippen LogP contribution in [0.15, 0.2) is 36.8 Å². The van der Waals surface area contributed by atoms with Crippen LogP contribution in [-0.4, -0.2) is 35.0 Å². The van der Waals surface area contributed by atoms with E-state index in [2.05, 4.69) is 14.8 Å². The highest BCUT2D eigenvalue weighted by Crippen LogP contribution is 2.14. The normalized spacial score (nSPS) is 11.9. The largest absolute Gasteiger partial charge is 0.271 e. The molecule has 0 aromatic carbocycles. The molecule has 2 aromatic rings. The molecule has 0 saturated carbocycles. The van der Waals surface area contributed by atoms with E-state index in [4.69, 9.17) is 0 Å². The van der Waals surface area contributed by atoms with E-state index >= 15 is 0 Å². The van der Waals surface area contributed by atoms with Crippen LogP contribution in [-0.2, 0) is 16.6 Å². The van der Waals surface area contributed by atoms with Crippen LogP contribution in [0.25, 0.3) is 11.3 Å². The van der Waals surface area contributed by atoms with E-state index < -0.39 is 15.3 Å². The van der Waals surface area contributed by atoms with E-state index in [0.29, 0.717) is 13.1 Å². The minimum atomic E-state index is -3.21. The van der Waals surface area contributed by atoms with Gasteiger partial charge in [-0.25, -0.2) is 13.1 Å². The molecule has 6 nitrogen and oxygen atoms in total. The third kappa shape index (κ3) is 3.64. The third-order valence-corrected chi connectivity index (χ3v) is 4.73. The molecule has 0 saturated heterocycles. The van der Waals surface area contributed by atoms with Gasteiger partial charge in [-0.2, -0.15) is 5.10 Å². The number of aromatic nitrogens is 3. The SMILES string of the molecule is CC(C)S(=O)(=O)NCCn1ccc(-c2ccncc2)n1. The Kier molecular flexibility index (Phi) is 4.51. The van der Waals surface area contributed by atoms with Gasteiger partial charge in [0.15, 0.2) is 0 Å². The van der Waals surface area contributed by atoms with Crippen LogP contribution in [0, 0.1) is 0 Å². The second-order valence-electron chi connectivity index (χ2n) is 4.69. The fourth-order valence-electron chi connectivity index (χ4n) is 1.63. The van der Waals surface area contributed by atoms with Gasteiger partial charge in [-0.1, -0.05) is 0 Å². The van der Waals surface area contributed by atoms with E-state index in [9.17, 15) is 8.42 Å². The molecule has 1 N–H and O–H groups in total. The summed E-state index contributed by atoms with van der Waals surface area (Å²) >= 11 is 0. The molecule has 0 spiro atoms. The Morgan fingerprint density at radius 2 is 1.95 bits per heavy atom. The van der Waals surface area contributed by atoms with Gasteiger partial charge in [0.2, 0.25) is 10.0 Å². The lowest BCUT2D eigenvalue weighted by atomic mass is 10.2. The fourth-order valence-corrected chi connectivity index (χ4v) is 2.34. The second-order valence-corrected chi connectivity index (χ2v) is 7.01. The lowest BCUT2D eigenvalue weighted by Gasteiger charge is -2.09. The van der Waals surface area contributed by atoms with Crippen molar-refractivity contribution in [3.63, 3.8) is 0 Å². The Bertz CT molecular complexity index is 650. The van der Waals surface area contributed by atoms with Crippen molar-refractivity contribution in [2.24, 2.45) is 0 Å². The topological polar surface area (TPSA) is 76.9 Å². The van der Waals surface area contributed by atoms with Gasteiger partial charge in [-0.3, -0.25) is 9.67 Å². The van der Waals surface area contributed by atoms with Crippen molar-refractivity contribution in [2.75, 3.05) is 6.54 Å². The zero-order valence-electron chi connectivity index (χ0n) is 11.5. The van der Waals surface area contributed by atoms with E-state index in [0.717, 1.165) is 11.3 Å². The van der Waals surface area contributed by atoms with E-state index in [-0.39, 0.29) is 0 Å². The summed E-state index contributed by atoms with van der Waals surface area (Å²) in [5.41, 5.74) is 1.83. The number of nitrogens with one attached hydrogen (secondary N) is 1. The van der Waals surface area contributed by atoms with Gasteiger partial charge < -0.3 is 0 Å². The van der Waals surface area contributed by atoms with E-state index in [1.165, 1.54) is 0 Å². The van der Waals surface area contributed by atoms with Gasteiger partial charge in [0.25, 0.3) is 0 Å². The summed E-state index contributed by atoms with van der Waals surface area (Å²) in [5, 5.41) is 3.98. The quantitative estimate of drug-likeness (QED) is 0.870. The lowest BCUT2D eigenvalue weighted by Crippen LogP contribution is -2.33. The molecule has 0 bridgehead atoms. The molecule has 20 heavy (non-hydrogen) atoms. The predicted molar refractivity (Wildman–Crippen MR) is 77.5 cm³/mol. The zero-order valence-corrected chi connectivity index (χ0v) is 12.3. The summed E-state index contributed by atoms with van der Waals surface area (Å²) in [6, 6.07) is 5.66. The lowest BCUT2D eigenvalue weighted by molar-refractivity contribution is 0.554. The van der Waals surface area contributed by atoms with Crippen LogP contribution >= 0.6 is 0 Å². The van der Waals surface area contributed by atoms with E-state index in [1.54, 1.807) is 30.9 Å². The molecule has 0 aliphatic heterocycles. The molecule has 0 atom stereocenters. The highest BCUT2D eigenvalue weighted by atomic mass is 32.2. The number of nitrogens with zero attached hydrogens (tertiary/aromatic N) is 3. The Morgan fingerprint density at radius 1 is 1.25 bits per heavy atom. The number of hydrogen-bond acceptors (Lipinski definition) is 4. The summed E-state index contributed by atoms with van der Waals surface area (Å²) < 4.78 is 27.5. The molecule has 2 aromatic heterocycles. The summed E-state index contributed by atoms with van der Waals surface area (Å²) in [4.78, 5) is 3.96. The van der Waals surface area contributed by atoms with Crippen molar-refractivity contribution in [3.8, 4) is 11.3 Å². The second kappa shape index (κ2) is 6.15. The van der Waals surface area contributed by atoms with Crippen LogP contribution < -0.4 is 4.72 Å². The summed E-state index contributed by atoms with van der Waals surface area (Å²) in [6.45, 7) is 4.13. The first-order valence-corrected chi connectivity index (χ1v) is 7.96. The number of pyridine rings is 1. The first-order chi connectivity index (χ1) is 9.49. The third-order valence-electron chi connectivity index (χ3n) is 2.88. The van der Waals surface area contributed by atoms with Gasteiger partial charge in [-0.05, 0) is 32.0 Å². The smallest absolute Gasteiger partial charge is 0.213 e. The molecule has 0 amide bonds. The number of rotatable bonds is 6. The molecule has 2 heterocycles. The molecule has 0 aliphatic carbocycles. The Morgan fingerprint density at radius 3 is 2.60 bits per heavy atom. The first kappa shape index (κ1) is 14.7. The van der Waals surface area contributed by atoms with Crippen LogP contribution in [0.3, 0.4) is 0 Å². The van der Waals surface area contributed by atoms with Crippen molar-refractivity contribution in [1.29, 1.82) is 0 Å². The van der Waals surface area contributed by atoms with Crippen LogP contribution in [0.5, 0.6) is 0 Å². The summed E-state index contributed by atoms with van der Waals surface area (Å²) in [6.07, 6.45) is 5.26. The molecule has 7 heteroatoms. The van der Waals surface area contributed by atoms with Gasteiger partial charge in [0.05, 0.1) is 17.5 Å². The van der Waals surface area contributed by atoms with Crippen molar-refractivity contribution < 1.29 is 8.42 Å². The van der Waals surface area contributed by atoms with Gasteiger partial charge in [0.1, 0.15) is 0 Å². The average molecular weight is 294 g/mol. The zero-order chi connectivity index (χ0) is 14.6. The monoisotopic (exact) mass is 294 g/mol. The van der Waals surface area contributed by atoms with Gasteiger partial charge >= 0.3 is 0 Å². The van der Waals surface area contributed by atoms with Crippen molar-refractivity contribution >= 4 is 10.0 Å². The van der Waals surface area contributed by atoms with Crippen LogP contribution in [0.1, 0.15) is 13.8 Å². The highest BCUT2D eigenvalue weighted by Gasteiger charge is 2.14. The minimum Gasteiger partial charge on any atom is -0.271 e. The first-order valence-electron chi connectivity index (χ1n) is 6.41. The van der Waals surface area contributed by atoms with Crippen molar-refractivity contribution in [3.05, 3.63) is 36.8 Å². The molecular formula is C13H18N4O2S. The fraction of sp³-hybridized carbons (Fsp3) is 0.385. The Labute approximate surface area is 118 Å². The maximum atomic E-state index is 11.6. The molecule has 2 rings (SSSR count). The molecule has 0 unspecified atom stereocenters. The van der Waals surface area contributed by atoms with Crippen LogP contribution in [0.2, 0.25) is 0 Å². The molecule has 108 valence electrons. The highest BCUT2D eigenvalue weighted by molar-refractivity contribution is 7.90. The number of sulfonamides is 1. The Hall–Kier alpha value is -1.73. The van der Waals surface area contributed by atoms with Gasteiger partial charge in [-0.15, -0.1) is 0 Å². The maximum Gasteiger partial charge on any atom is 0.213 e. The molecular weight excluding hydrogens is 276 g/mol. The Balaban J connectivity index is 1.94. The molecule has 0 radical (unpaired) electrons. The molecule has 0 aliphatic rings. The van der Waals surface area contributed by atoms with E-state index in [1.807, 2.05) is 24.4 Å². The average Bonchev–Trinajstić information content (AvgIpc) is 2.88. The van der Waals surface area contributed by atoms with Crippen LogP contribution in [0.4, 0.5) is 0 Å². The predicted octanol–water partition coefficient (Wildman–Crippen LogP) is 1.27. The minimum absolute atomic E-state index is 0.331. The molecule has 0 fully saturated rings. The summed E-state index contributed by atoms with van der Waals surface area (Å²) in [5.74, 6) is 0. The van der Waals surface area contributed by atoms with Crippen molar-refractivity contribution in [2.45, 2.75) is 25.6 Å².